The molecule has 3 rings (SSSR count). The van der Waals surface area contributed by atoms with E-state index in [0.717, 1.165) is 10.7 Å². The van der Waals surface area contributed by atoms with Crippen LogP contribution in [0.2, 0.25) is 0 Å². The lowest BCUT2D eigenvalue weighted by Gasteiger charge is -2.09. The van der Waals surface area contributed by atoms with Crippen molar-refractivity contribution in [1.29, 1.82) is 0 Å². The molecular formula is C17H9F5N4O4. The van der Waals surface area contributed by atoms with Crippen LogP contribution in [0.15, 0.2) is 36.5 Å². The monoisotopic (exact) mass is 428 g/mol. The third-order valence-electron chi connectivity index (χ3n) is 3.74. The average molecular weight is 428 g/mol. The predicted octanol–water partition coefficient (Wildman–Crippen LogP) is 3.78. The number of para-hydroxylation sites is 2. The van der Waals surface area contributed by atoms with Crippen LogP contribution in [0.5, 0.6) is 5.75 Å². The summed E-state index contributed by atoms with van der Waals surface area (Å²) in [7, 11) is 0. The molecular weight excluding hydrogens is 419 g/mol. The number of aromatic nitrogens is 2. The molecule has 156 valence electrons. The molecule has 13 heteroatoms. The van der Waals surface area contributed by atoms with Gasteiger partial charge in [-0.3, -0.25) is 14.9 Å². The molecule has 3 aromatic rings. The summed E-state index contributed by atoms with van der Waals surface area (Å²) in [5, 5.41) is 16.2. The molecule has 0 aliphatic rings. The molecule has 0 saturated heterocycles. The number of halogens is 5. The molecule has 0 aliphatic heterocycles. The molecule has 0 fully saturated rings. The SMILES string of the molecule is O=C(Nc1c(F)c(F)c(F)c(F)c1F)c1ccn(COc2ccccc2[N+](=O)[O-])n1. The van der Waals surface area contributed by atoms with Crippen molar-refractivity contribution in [1.82, 2.24) is 9.78 Å². The summed E-state index contributed by atoms with van der Waals surface area (Å²) in [4.78, 5) is 22.3. The minimum absolute atomic E-state index is 0.0783. The van der Waals surface area contributed by atoms with Crippen molar-refractivity contribution in [3.05, 3.63) is 81.4 Å². The Labute approximate surface area is 163 Å². The first kappa shape index (κ1) is 20.7. The Morgan fingerprint density at radius 1 is 1.03 bits per heavy atom. The highest BCUT2D eigenvalue weighted by Gasteiger charge is 2.27. The zero-order chi connectivity index (χ0) is 22.0. The summed E-state index contributed by atoms with van der Waals surface area (Å²) >= 11 is 0. The quantitative estimate of drug-likeness (QED) is 0.212. The van der Waals surface area contributed by atoms with Crippen molar-refractivity contribution in [2.75, 3.05) is 5.32 Å². The Kier molecular flexibility index (Phi) is 5.62. The first-order chi connectivity index (χ1) is 14.2. The standard InChI is InChI=1S/C17H9F5N4O4/c18-11-12(19)14(21)16(15(22)13(11)20)23-17(27)8-5-6-25(24-8)7-30-10-4-2-1-3-9(10)26(28)29/h1-6H,7H2,(H,23,27). The van der Waals surface area contributed by atoms with Crippen LogP contribution in [0.3, 0.4) is 0 Å². The highest BCUT2D eigenvalue weighted by Crippen LogP contribution is 2.28. The maximum atomic E-state index is 13.7. The lowest BCUT2D eigenvalue weighted by Crippen LogP contribution is -2.18. The molecule has 0 unspecified atom stereocenters. The normalized spacial score (nSPS) is 10.7. The minimum atomic E-state index is -2.36. The van der Waals surface area contributed by atoms with Gasteiger partial charge >= 0.3 is 5.69 Å². The fourth-order valence-corrected chi connectivity index (χ4v) is 2.31. The van der Waals surface area contributed by atoms with Crippen LogP contribution in [0.25, 0.3) is 0 Å². The van der Waals surface area contributed by atoms with E-state index in [1.807, 2.05) is 0 Å². The Hall–Kier alpha value is -4.03. The number of hydrogen-bond donors (Lipinski definition) is 1. The van der Waals surface area contributed by atoms with E-state index in [1.165, 1.54) is 30.5 Å². The van der Waals surface area contributed by atoms with Gasteiger partial charge in [-0.05, 0) is 12.1 Å². The number of anilines is 1. The summed E-state index contributed by atoms with van der Waals surface area (Å²) in [5.41, 5.74) is -2.28. The largest absolute Gasteiger partial charge is 0.464 e. The zero-order valence-corrected chi connectivity index (χ0v) is 14.5. The van der Waals surface area contributed by atoms with Gasteiger partial charge in [-0.15, -0.1) is 0 Å². The van der Waals surface area contributed by atoms with Crippen LogP contribution in [0.4, 0.5) is 33.3 Å². The number of carbonyl (C=O) groups excluding carboxylic acids is 1. The second-order valence-corrected chi connectivity index (χ2v) is 5.64. The molecule has 1 aromatic heterocycles. The molecule has 0 aliphatic carbocycles. The van der Waals surface area contributed by atoms with E-state index >= 15 is 0 Å². The number of rotatable bonds is 6. The molecule has 0 atom stereocenters. The number of nitro benzene ring substituents is 1. The van der Waals surface area contributed by atoms with Gasteiger partial charge in [0.05, 0.1) is 4.92 Å². The zero-order valence-electron chi connectivity index (χ0n) is 14.5. The summed E-state index contributed by atoms with van der Waals surface area (Å²) in [6.45, 7) is -0.374. The van der Waals surface area contributed by atoms with Crippen molar-refractivity contribution in [3.63, 3.8) is 0 Å². The highest BCUT2D eigenvalue weighted by molar-refractivity contribution is 6.02. The topological polar surface area (TPSA) is 99.3 Å². The molecule has 0 spiro atoms. The van der Waals surface area contributed by atoms with E-state index in [4.69, 9.17) is 4.74 Å². The molecule has 0 bridgehead atoms. The van der Waals surface area contributed by atoms with Crippen molar-refractivity contribution >= 4 is 17.3 Å². The molecule has 2 aromatic carbocycles. The number of carbonyl (C=O) groups is 1. The minimum Gasteiger partial charge on any atom is -0.464 e. The third-order valence-corrected chi connectivity index (χ3v) is 3.74. The van der Waals surface area contributed by atoms with Crippen LogP contribution in [0, 0.1) is 39.2 Å². The van der Waals surface area contributed by atoms with Crippen molar-refractivity contribution < 1.29 is 36.4 Å². The smallest absolute Gasteiger partial charge is 0.311 e. The number of nitrogens with one attached hydrogen (secondary N) is 1. The fourth-order valence-electron chi connectivity index (χ4n) is 2.31. The molecule has 0 saturated carbocycles. The number of amides is 1. The van der Waals surface area contributed by atoms with Crippen LogP contribution < -0.4 is 10.1 Å². The van der Waals surface area contributed by atoms with Gasteiger partial charge in [0.25, 0.3) is 5.91 Å². The van der Waals surface area contributed by atoms with Crippen LogP contribution in [-0.2, 0) is 6.73 Å². The maximum absolute atomic E-state index is 13.7. The molecule has 30 heavy (non-hydrogen) atoms. The molecule has 1 amide bonds. The van der Waals surface area contributed by atoms with Gasteiger partial charge in [0, 0.05) is 12.3 Å². The summed E-state index contributed by atoms with van der Waals surface area (Å²) in [6.07, 6.45) is 1.20. The van der Waals surface area contributed by atoms with E-state index < -0.39 is 51.3 Å². The summed E-state index contributed by atoms with van der Waals surface area (Å²) < 4.78 is 73.1. The van der Waals surface area contributed by atoms with E-state index in [1.54, 1.807) is 5.32 Å². The lowest BCUT2D eigenvalue weighted by molar-refractivity contribution is -0.386. The Balaban J connectivity index is 1.75. The lowest BCUT2D eigenvalue weighted by atomic mass is 10.2. The van der Waals surface area contributed by atoms with Gasteiger partial charge in [-0.1, -0.05) is 12.1 Å². The fraction of sp³-hybridized carbons (Fsp3) is 0.0588. The second-order valence-electron chi connectivity index (χ2n) is 5.64. The van der Waals surface area contributed by atoms with E-state index in [0.29, 0.717) is 0 Å². The van der Waals surface area contributed by atoms with Gasteiger partial charge < -0.3 is 10.1 Å². The summed E-state index contributed by atoms with van der Waals surface area (Å²) in [5.74, 6) is -12.6. The number of hydrogen-bond acceptors (Lipinski definition) is 5. The second kappa shape index (κ2) is 8.14. The number of ether oxygens (including phenoxy) is 1. The Morgan fingerprint density at radius 3 is 2.27 bits per heavy atom. The predicted molar refractivity (Wildman–Crippen MR) is 90.1 cm³/mol. The van der Waals surface area contributed by atoms with E-state index in [-0.39, 0.29) is 18.2 Å². The highest BCUT2D eigenvalue weighted by atomic mass is 19.2. The van der Waals surface area contributed by atoms with E-state index in [2.05, 4.69) is 5.10 Å². The molecule has 1 N–H and O–H groups in total. The Morgan fingerprint density at radius 2 is 1.63 bits per heavy atom. The van der Waals surface area contributed by atoms with Gasteiger partial charge in [-0.25, -0.2) is 26.6 Å². The first-order valence-electron chi connectivity index (χ1n) is 7.93. The van der Waals surface area contributed by atoms with E-state index in [9.17, 15) is 36.9 Å². The van der Waals surface area contributed by atoms with Gasteiger partial charge in [0.1, 0.15) is 5.69 Å². The Bertz CT molecular complexity index is 1120. The maximum Gasteiger partial charge on any atom is 0.311 e. The molecule has 1 heterocycles. The molecule has 8 nitrogen and oxygen atoms in total. The average Bonchev–Trinajstić information content (AvgIpc) is 3.21. The number of nitro groups is 1. The molecule has 0 radical (unpaired) electrons. The van der Waals surface area contributed by atoms with Crippen molar-refractivity contribution in [3.8, 4) is 5.75 Å². The van der Waals surface area contributed by atoms with Crippen LogP contribution >= 0.6 is 0 Å². The summed E-state index contributed by atoms with van der Waals surface area (Å²) in [6, 6.07) is 6.54. The van der Waals surface area contributed by atoms with Crippen molar-refractivity contribution in [2.45, 2.75) is 6.73 Å². The third kappa shape index (κ3) is 3.90. The van der Waals surface area contributed by atoms with Crippen molar-refractivity contribution in [2.24, 2.45) is 0 Å². The van der Waals surface area contributed by atoms with Gasteiger partial charge in [0.15, 0.2) is 41.4 Å². The van der Waals surface area contributed by atoms with Crippen LogP contribution in [0.1, 0.15) is 10.5 Å². The first-order valence-corrected chi connectivity index (χ1v) is 7.93. The van der Waals surface area contributed by atoms with Gasteiger partial charge in [0.2, 0.25) is 5.82 Å². The number of nitrogens with zero attached hydrogens (tertiary/aromatic N) is 3. The van der Waals surface area contributed by atoms with Crippen LogP contribution in [-0.4, -0.2) is 20.6 Å². The number of benzene rings is 2. The van der Waals surface area contributed by atoms with Gasteiger partial charge in [-0.2, -0.15) is 5.10 Å².